The fourth-order valence-electron chi connectivity index (χ4n) is 4.23. The van der Waals surface area contributed by atoms with E-state index in [2.05, 4.69) is 4.99 Å². The molecule has 12 heteroatoms. The molecule has 1 fully saturated rings. The Hall–Kier alpha value is -3.06. The van der Waals surface area contributed by atoms with Crippen molar-refractivity contribution in [2.75, 3.05) is 34.0 Å². The lowest BCUT2D eigenvalue weighted by molar-refractivity contribution is -0.121. The number of benzene rings is 2. The first-order chi connectivity index (χ1) is 17.8. The minimum atomic E-state index is -3.90. The largest absolute Gasteiger partial charge is 0.497 e. The number of hydrogen-bond donors (Lipinski definition) is 0. The van der Waals surface area contributed by atoms with Gasteiger partial charge in [0, 0.05) is 20.2 Å². The molecule has 0 radical (unpaired) electrons. The van der Waals surface area contributed by atoms with Gasteiger partial charge in [-0.1, -0.05) is 11.3 Å². The normalized spacial score (nSPS) is 16.8. The van der Waals surface area contributed by atoms with Crippen molar-refractivity contribution in [3.63, 3.8) is 0 Å². The minimum absolute atomic E-state index is 0.0940. The summed E-state index contributed by atoms with van der Waals surface area (Å²) in [6.45, 7) is 3.05. The van der Waals surface area contributed by atoms with E-state index in [0.717, 1.165) is 10.2 Å². The lowest BCUT2D eigenvalue weighted by Gasteiger charge is -2.21. The summed E-state index contributed by atoms with van der Waals surface area (Å²) < 4.78 is 45.9. The number of methoxy groups -OCH3 is 2. The highest BCUT2D eigenvalue weighted by Gasteiger charge is 2.39. The Morgan fingerprint density at radius 2 is 1.89 bits per heavy atom. The van der Waals surface area contributed by atoms with Gasteiger partial charge in [-0.2, -0.15) is 9.30 Å². The zero-order valence-corrected chi connectivity index (χ0v) is 22.5. The lowest BCUT2D eigenvalue weighted by Crippen LogP contribution is -2.40. The van der Waals surface area contributed by atoms with Crippen LogP contribution in [-0.2, 0) is 30.8 Å². The Kier molecular flexibility index (Phi) is 8.42. The third-order valence-electron chi connectivity index (χ3n) is 6.07. The second-order valence-electron chi connectivity index (χ2n) is 8.33. The van der Waals surface area contributed by atoms with Gasteiger partial charge in [-0.05, 0) is 62.2 Å². The molecule has 10 nitrogen and oxygen atoms in total. The van der Waals surface area contributed by atoms with Crippen LogP contribution in [0.1, 0.15) is 30.1 Å². The van der Waals surface area contributed by atoms with E-state index in [1.54, 1.807) is 44.4 Å². The van der Waals surface area contributed by atoms with Crippen molar-refractivity contribution in [3.8, 4) is 5.75 Å². The van der Waals surface area contributed by atoms with E-state index in [-0.39, 0.29) is 18.0 Å². The van der Waals surface area contributed by atoms with Crippen LogP contribution < -0.4 is 9.54 Å². The van der Waals surface area contributed by atoms with Crippen molar-refractivity contribution in [3.05, 3.63) is 52.8 Å². The predicted molar refractivity (Wildman–Crippen MR) is 138 cm³/mol. The average Bonchev–Trinajstić information content (AvgIpc) is 3.53. The number of nitrogens with zero attached hydrogens (tertiary/aromatic N) is 3. The second-order valence-corrected chi connectivity index (χ2v) is 11.2. The molecule has 1 aromatic heterocycles. The van der Waals surface area contributed by atoms with E-state index in [0.29, 0.717) is 42.1 Å². The van der Waals surface area contributed by atoms with Gasteiger partial charge in [0.1, 0.15) is 11.8 Å². The number of carbonyl (C=O) groups is 2. The number of carbonyl (C=O) groups excluding carboxylic acids is 2. The topological polar surface area (TPSA) is 116 Å². The molecule has 1 saturated heterocycles. The number of thiazole rings is 1. The maximum atomic E-state index is 13.4. The van der Waals surface area contributed by atoms with Crippen LogP contribution in [0.4, 0.5) is 0 Å². The van der Waals surface area contributed by atoms with Crippen molar-refractivity contribution < 1.29 is 32.2 Å². The van der Waals surface area contributed by atoms with Crippen LogP contribution in [0, 0.1) is 0 Å². The molecule has 37 heavy (non-hydrogen) atoms. The van der Waals surface area contributed by atoms with Gasteiger partial charge in [0.2, 0.25) is 10.0 Å². The Morgan fingerprint density at radius 1 is 1.14 bits per heavy atom. The molecule has 0 N–H and O–H groups in total. The number of fused-ring (bicyclic) bond motifs is 1. The second kappa shape index (κ2) is 11.5. The maximum Gasteiger partial charge on any atom is 0.338 e. The predicted octanol–water partition coefficient (Wildman–Crippen LogP) is 2.82. The maximum absolute atomic E-state index is 13.4. The van der Waals surface area contributed by atoms with Crippen molar-refractivity contribution in [1.29, 1.82) is 0 Å². The lowest BCUT2D eigenvalue weighted by atomic mass is 10.2. The number of rotatable bonds is 9. The van der Waals surface area contributed by atoms with Gasteiger partial charge < -0.3 is 18.8 Å². The molecule has 1 aliphatic rings. The highest BCUT2D eigenvalue weighted by molar-refractivity contribution is 7.89. The van der Waals surface area contributed by atoms with Crippen LogP contribution in [0.3, 0.4) is 0 Å². The first kappa shape index (κ1) is 27.0. The third-order valence-corrected chi connectivity index (χ3v) is 9.04. The molecule has 1 amide bonds. The summed E-state index contributed by atoms with van der Waals surface area (Å²) in [5.41, 5.74) is 1.19. The number of aromatic nitrogens is 1. The van der Waals surface area contributed by atoms with Crippen LogP contribution in [0.25, 0.3) is 10.2 Å². The number of ether oxygens (including phenoxy) is 3. The standard InChI is InChI=1S/C25H29N3O7S2/c1-4-35-24(30)17-7-12-20-22(16-17)36-25(27(20)14-15-33-2)26-23(29)21-6-5-13-28(21)37(31,32)19-10-8-18(34-3)9-11-19/h7-12,16,21H,4-6,13-15H2,1-3H3. The molecule has 0 saturated carbocycles. The molecule has 0 spiro atoms. The Labute approximate surface area is 219 Å². The number of hydrogen-bond acceptors (Lipinski definition) is 8. The van der Waals surface area contributed by atoms with E-state index in [4.69, 9.17) is 14.2 Å². The molecule has 3 aromatic rings. The summed E-state index contributed by atoms with van der Waals surface area (Å²) in [4.78, 5) is 30.4. The van der Waals surface area contributed by atoms with Crippen molar-refractivity contribution in [2.45, 2.75) is 37.2 Å². The highest BCUT2D eigenvalue weighted by Crippen LogP contribution is 2.28. The molecule has 2 aromatic carbocycles. The van der Waals surface area contributed by atoms with Crippen LogP contribution in [0.2, 0.25) is 0 Å². The molecule has 0 aliphatic carbocycles. The molecular weight excluding hydrogens is 518 g/mol. The molecule has 1 aliphatic heterocycles. The summed E-state index contributed by atoms with van der Waals surface area (Å²) >= 11 is 1.25. The first-order valence-electron chi connectivity index (χ1n) is 11.8. The smallest absolute Gasteiger partial charge is 0.338 e. The summed E-state index contributed by atoms with van der Waals surface area (Å²) in [6, 6.07) is 10.3. The number of amides is 1. The summed E-state index contributed by atoms with van der Waals surface area (Å²) in [5.74, 6) is -0.418. The Bertz CT molecular complexity index is 1460. The highest BCUT2D eigenvalue weighted by atomic mass is 32.2. The summed E-state index contributed by atoms with van der Waals surface area (Å²) in [5, 5.41) is 0. The SMILES string of the molecule is CCOC(=O)c1ccc2c(c1)sc(=NC(=O)C1CCCN1S(=O)(=O)c1ccc(OC)cc1)n2CCOC. The third kappa shape index (κ3) is 5.61. The summed E-state index contributed by atoms with van der Waals surface area (Å²) in [6.07, 6.45) is 0.938. The van der Waals surface area contributed by atoms with Crippen molar-refractivity contribution in [2.24, 2.45) is 4.99 Å². The molecule has 1 unspecified atom stereocenters. The molecule has 4 rings (SSSR count). The Morgan fingerprint density at radius 3 is 2.57 bits per heavy atom. The van der Waals surface area contributed by atoms with Gasteiger partial charge in [0.25, 0.3) is 5.91 Å². The fraction of sp³-hybridized carbons (Fsp3) is 0.400. The van der Waals surface area contributed by atoms with Crippen LogP contribution >= 0.6 is 11.3 Å². The molecule has 2 heterocycles. The zero-order chi connectivity index (χ0) is 26.6. The van der Waals surface area contributed by atoms with E-state index in [1.165, 1.54) is 34.9 Å². The van der Waals surface area contributed by atoms with Crippen molar-refractivity contribution >= 4 is 43.5 Å². The quantitative estimate of drug-likeness (QED) is 0.378. The minimum Gasteiger partial charge on any atom is -0.497 e. The van der Waals surface area contributed by atoms with E-state index < -0.39 is 27.9 Å². The molecule has 198 valence electrons. The van der Waals surface area contributed by atoms with Crippen LogP contribution in [0.5, 0.6) is 5.75 Å². The van der Waals surface area contributed by atoms with Gasteiger partial charge >= 0.3 is 5.97 Å². The van der Waals surface area contributed by atoms with E-state index >= 15 is 0 Å². The van der Waals surface area contributed by atoms with Crippen molar-refractivity contribution in [1.82, 2.24) is 8.87 Å². The Balaban J connectivity index is 1.70. The van der Waals surface area contributed by atoms with Crippen LogP contribution in [-0.4, -0.2) is 69.2 Å². The molecule has 0 bridgehead atoms. The van der Waals surface area contributed by atoms with Gasteiger partial charge in [0.15, 0.2) is 4.80 Å². The number of sulfonamides is 1. The van der Waals surface area contributed by atoms with Gasteiger partial charge in [-0.25, -0.2) is 13.2 Å². The van der Waals surface area contributed by atoms with Gasteiger partial charge in [0.05, 0.1) is 41.0 Å². The van der Waals surface area contributed by atoms with Crippen LogP contribution in [0.15, 0.2) is 52.4 Å². The first-order valence-corrected chi connectivity index (χ1v) is 14.1. The zero-order valence-electron chi connectivity index (χ0n) is 20.9. The average molecular weight is 548 g/mol. The fourth-order valence-corrected chi connectivity index (χ4v) is 6.98. The van der Waals surface area contributed by atoms with Gasteiger partial charge in [-0.3, -0.25) is 4.79 Å². The molecular formula is C25H29N3O7S2. The van der Waals surface area contributed by atoms with Gasteiger partial charge in [-0.15, -0.1) is 0 Å². The number of esters is 1. The monoisotopic (exact) mass is 547 g/mol. The molecule has 1 atom stereocenters. The van der Waals surface area contributed by atoms with E-state index in [1.807, 2.05) is 4.57 Å². The van der Waals surface area contributed by atoms with E-state index in [9.17, 15) is 18.0 Å². The summed E-state index contributed by atoms with van der Waals surface area (Å²) in [7, 11) is -0.813.